The molecular formula is C13H22O6S. The number of hydrogen-bond acceptors (Lipinski definition) is 6. The first-order chi connectivity index (χ1) is 9.03. The van der Waals surface area contributed by atoms with Crippen LogP contribution in [0.4, 0.5) is 0 Å². The van der Waals surface area contributed by atoms with Crippen LogP contribution in [-0.2, 0) is 24.0 Å². The van der Waals surface area contributed by atoms with Gasteiger partial charge < -0.3 is 19.3 Å². The Morgan fingerprint density at radius 3 is 2.40 bits per heavy atom. The Morgan fingerprint density at radius 2 is 1.85 bits per heavy atom. The molecule has 0 bridgehead atoms. The van der Waals surface area contributed by atoms with Crippen LogP contribution < -0.4 is 0 Å². The monoisotopic (exact) mass is 306 g/mol. The van der Waals surface area contributed by atoms with E-state index < -0.39 is 45.5 Å². The lowest BCUT2D eigenvalue weighted by Gasteiger charge is -2.38. The van der Waals surface area contributed by atoms with E-state index in [0.29, 0.717) is 5.57 Å². The van der Waals surface area contributed by atoms with Crippen molar-refractivity contribution in [3.05, 3.63) is 12.2 Å². The van der Waals surface area contributed by atoms with Gasteiger partial charge in [0.2, 0.25) is 0 Å². The molecule has 2 aliphatic rings. The molecule has 0 spiro atoms. The Hall–Kier alpha value is -0.470. The number of fused-ring (bicyclic) bond motifs is 1. The summed E-state index contributed by atoms with van der Waals surface area (Å²) in [7, 11) is -3.58. The Labute approximate surface area is 119 Å². The zero-order chi connectivity index (χ0) is 15.3. The number of aliphatic hydroxyl groups is 1. The Bertz CT molecular complexity index is 497. The van der Waals surface area contributed by atoms with Gasteiger partial charge in [0.1, 0.15) is 18.3 Å². The molecule has 0 aromatic carbocycles. The average molecular weight is 306 g/mol. The van der Waals surface area contributed by atoms with Crippen LogP contribution in [0.25, 0.3) is 0 Å². The maximum atomic E-state index is 12.4. The quantitative estimate of drug-likeness (QED) is 0.769. The second-order valence-electron chi connectivity index (χ2n) is 6.03. The van der Waals surface area contributed by atoms with Crippen molar-refractivity contribution in [2.75, 3.05) is 5.75 Å². The normalized spacial score (nSPS) is 40.4. The highest BCUT2D eigenvalue weighted by molar-refractivity contribution is 7.92. The summed E-state index contributed by atoms with van der Waals surface area (Å²) < 4.78 is 41.5. The minimum Gasteiger partial charge on any atom is -0.388 e. The van der Waals surface area contributed by atoms with E-state index >= 15 is 0 Å². The van der Waals surface area contributed by atoms with Crippen molar-refractivity contribution in [2.24, 2.45) is 0 Å². The molecule has 2 rings (SSSR count). The first-order valence-electron chi connectivity index (χ1n) is 6.58. The maximum Gasteiger partial charge on any atom is 0.188 e. The highest BCUT2D eigenvalue weighted by Gasteiger charge is 2.57. The summed E-state index contributed by atoms with van der Waals surface area (Å²) in [5.41, 5.74) is -0.619. The van der Waals surface area contributed by atoms with E-state index in [1.54, 1.807) is 27.7 Å². The molecule has 0 unspecified atom stereocenters. The van der Waals surface area contributed by atoms with Crippen LogP contribution in [0.1, 0.15) is 27.7 Å². The number of ether oxygens (including phenoxy) is 3. The molecule has 20 heavy (non-hydrogen) atoms. The largest absolute Gasteiger partial charge is 0.388 e. The van der Waals surface area contributed by atoms with E-state index in [-0.39, 0.29) is 5.75 Å². The molecule has 0 radical (unpaired) electrons. The minimum atomic E-state index is -3.58. The van der Waals surface area contributed by atoms with Crippen LogP contribution in [-0.4, -0.2) is 54.9 Å². The van der Waals surface area contributed by atoms with Crippen molar-refractivity contribution in [1.82, 2.24) is 0 Å². The van der Waals surface area contributed by atoms with E-state index in [1.807, 2.05) is 0 Å². The topological polar surface area (TPSA) is 82.1 Å². The van der Waals surface area contributed by atoms with E-state index in [2.05, 4.69) is 6.58 Å². The standard InChI is InChI=1S/C13H22O6S/c1-7(2)6-20(15,16)12-11-10(9(14)8(3)17-12)18-13(4,5)19-11/h8-12,14H,1,6H2,2-5H3/t8-,9-,10+,11+,12-/m0/s1. The lowest BCUT2D eigenvalue weighted by molar-refractivity contribution is -0.160. The van der Waals surface area contributed by atoms with Crippen molar-refractivity contribution in [3.8, 4) is 0 Å². The van der Waals surface area contributed by atoms with Crippen molar-refractivity contribution in [3.63, 3.8) is 0 Å². The minimum absolute atomic E-state index is 0.173. The van der Waals surface area contributed by atoms with E-state index in [0.717, 1.165) is 0 Å². The van der Waals surface area contributed by atoms with Gasteiger partial charge in [-0.05, 0) is 27.7 Å². The predicted molar refractivity (Wildman–Crippen MR) is 72.8 cm³/mol. The molecule has 1 N–H and O–H groups in total. The molecule has 0 saturated carbocycles. The average Bonchev–Trinajstić information content (AvgIpc) is 2.57. The molecule has 0 amide bonds. The van der Waals surface area contributed by atoms with E-state index in [1.165, 1.54) is 0 Å². The van der Waals surface area contributed by atoms with Crippen LogP contribution in [0.15, 0.2) is 12.2 Å². The Balaban J connectivity index is 2.32. The van der Waals surface area contributed by atoms with Crippen molar-refractivity contribution >= 4 is 9.84 Å². The molecule has 116 valence electrons. The van der Waals surface area contributed by atoms with Gasteiger partial charge in [-0.1, -0.05) is 12.2 Å². The Kier molecular flexibility index (Phi) is 4.03. The van der Waals surface area contributed by atoms with Gasteiger partial charge in [0.05, 0.1) is 11.9 Å². The Morgan fingerprint density at radius 1 is 1.30 bits per heavy atom. The molecular weight excluding hydrogens is 284 g/mol. The number of sulfone groups is 1. The summed E-state index contributed by atoms with van der Waals surface area (Å²) in [4.78, 5) is 0. The lowest BCUT2D eigenvalue weighted by atomic mass is 10.0. The summed E-state index contributed by atoms with van der Waals surface area (Å²) in [6.07, 6.45) is -3.10. The summed E-state index contributed by atoms with van der Waals surface area (Å²) in [6.45, 7) is 10.3. The molecule has 2 fully saturated rings. The van der Waals surface area contributed by atoms with Crippen molar-refractivity contribution < 1.29 is 27.7 Å². The van der Waals surface area contributed by atoms with Crippen LogP contribution in [0.5, 0.6) is 0 Å². The van der Waals surface area contributed by atoms with Gasteiger partial charge in [0.15, 0.2) is 21.1 Å². The van der Waals surface area contributed by atoms with Crippen LogP contribution in [0.3, 0.4) is 0 Å². The first kappa shape index (κ1) is 15.9. The zero-order valence-corrected chi connectivity index (χ0v) is 13.0. The summed E-state index contributed by atoms with van der Waals surface area (Å²) in [5, 5.41) is 10.1. The van der Waals surface area contributed by atoms with Gasteiger partial charge >= 0.3 is 0 Å². The lowest BCUT2D eigenvalue weighted by Crippen LogP contribution is -2.57. The van der Waals surface area contributed by atoms with Crippen LogP contribution in [0, 0.1) is 0 Å². The van der Waals surface area contributed by atoms with Crippen LogP contribution in [0.2, 0.25) is 0 Å². The van der Waals surface area contributed by atoms with E-state index in [4.69, 9.17) is 14.2 Å². The second-order valence-corrected chi connectivity index (χ2v) is 8.11. The number of hydrogen-bond donors (Lipinski definition) is 1. The van der Waals surface area contributed by atoms with Gasteiger partial charge in [-0.15, -0.1) is 0 Å². The van der Waals surface area contributed by atoms with Crippen molar-refractivity contribution in [2.45, 2.75) is 63.3 Å². The highest BCUT2D eigenvalue weighted by Crippen LogP contribution is 2.39. The van der Waals surface area contributed by atoms with Gasteiger partial charge in [-0.3, -0.25) is 0 Å². The fourth-order valence-corrected chi connectivity index (χ4v) is 4.46. The fourth-order valence-electron chi connectivity index (χ4n) is 2.64. The molecule has 7 heteroatoms. The molecule has 6 nitrogen and oxygen atoms in total. The maximum absolute atomic E-state index is 12.4. The highest BCUT2D eigenvalue weighted by atomic mass is 32.2. The van der Waals surface area contributed by atoms with Crippen molar-refractivity contribution in [1.29, 1.82) is 0 Å². The molecule has 2 heterocycles. The fraction of sp³-hybridized carbons (Fsp3) is 0.846. The summed E-state index contributed by atoms with van der Waals surface area (Å²) in [6, 6.07) is 0. The second kappa shape index (κ2) is 5.06. The summed E-state index contributed by atoms with van der Waals surface area (Å²) >= 11 is 0. The third-order valence-corrected chi connectivity index (χ3v) is 5.38. The third-order valence-electron chi connectivity index (χ3n) is 3.40. The van der Waals surface area contributed by atoms with Crippen LogP contribution >= 0.6 is 0 Å². The zero-order valence-electron chi connectivity index (χ0n) is 12.2. The molecule has 5 atom stereocenters. The first-order valence-corrected chi connectivity index (χ1v) is 8.30. The summed E-state index contributed by atoms with van der Waals surface area (Å²) in [5.74, 6) is -1.12. The smallest absolute Gasteiger partial charge is 0.188 e. The molecule has 0 aromatic heterocycles. The SMILES string of the molecule is C=C(C)CS(=O)(=O)[C@@H]1O[C@@H](C)[C@H](O)[C@H]2OC(C)(C)O[C@H]21. The molecule has 0 aromatic rings. The number of aliphatic hydroxyl groups excluding tert-OH is 1. The number of rotatable bonds is 3. The predicted octanol–water partition coefficient (Wildman–Crippen LogP) is 0.603. The molecule has 2 aliphatic heterocycles. The van der Waals surface area contributed by atoms with E-state index in [9.17, 15) is 13.5 Å². The molecule has 2 saturated heterocycles. The third kappa shape index (κ3) is 2.92. The van der Waals surface area contributed by atoms with Gasteiger partial charge in [-0.2, -0.15) is 0 Å². The molecule has 0 aliphatic carbocycles. The van der Waals surface area contributed by atoms with Gasteiger partial charge in [-0.25, -0.2) is 8.42 Å². The van der Waals surface area contributed by atoms with Gasteiger partial charge in [0, 0.05) is 0 Å². The van der Waals surface area contributed by atoms with Gasteiger partial charge in [0.25, 0.3) is 0 Å².